The molecule has 0 saturated carbocycles. The van der Waals surface area contributed by atoms with Crippen LogP contribution in [0.2, 0.25) is 0 Å². The number of esters is 1. The zero-order valence-corrected chi connectivity index (χ0v) is 10.2. The summed E-state index contributed by atoms with van der Waals surface area (Å²) in [6.07, 6.45) is 1.20. The van der Waals surface area contributed by atoms with E-state index in [-0.39, 0.29) is 17.3 Å². The fourth-order valence-electron chi connectivity index (χ4n) is 1.18. The Bertz CT molecular complexity index is 492. The number of rotatable bonds is 4. The van der Waals surface area contributed by atoms with Crippen molar-refractivity contribution in [3.05, 3.63) is 28.1 Å². The monoisotopic (exact) mass is 255 g/mol. The lowest BCUT2D eigenvalue weighted by molar-refractivity contribution is -0.384. The van der Waals surface area contributed by atoms with Crippen LogP contribution in [0.3, 0.4) is 0 Å². The number of hydrogen-bond acceptors (Lipinski definition) is 5. The van der Waals surface area contributed by atoms with Gasteiger partial charge in [0.1, 0.15) is 5.69 Å². The van der Waals surface area contributed by atoms with Gasteiger partial charge in [0.15, 0.2) is 6.61 Å². The van der Waals surface area contributed by atoms with Crippen LogP contribution in [0.4, 0.5) is 5.69 Å². The highest BCUT2D eigenvalue weighted by Crippen LogP contribution is 2.15. The Kier molecular flexibility index (Phi) is 4.03. The standard InChI is InChI=1S/C10H13N3O5/c1-11(2)9(14)6-18-10(15)8-4-7(13(16)17)5-12(8)3/h4-5H,6H2,1-3H3. The molecule has 0 aromatic carbocycles. The lowest BCUT2D eigenvalue weighted by Gasteiger charge is -2.10. The first kappa shape index (κ1) is 13.7. The van der Waals surface area contributed by atoms with Gasteiger partial charge in [-0.05, 0) is 0 Å². The molecule has 1 rings (SSSR count). The Morgan fingerprint density at radius 2 is 2.11 bits per heavy atom. The number of carbonyl (C=O) groups excluding carboxylic acids is 2. The smallest absolute Gasteiger partial charge is 0.355 e. The van der Waals surface area contributed by atoms with Crippen LogP contribution < -0.4 is 0 Å². The van der Waals surface area contributed by atoms with E-state index in [1.807, 2.05) is 0 Å². The van der Waals surface area contributed by atoms with E-state index in [1.54, 1.807) is 0 Å². The molecular formula is C10H13N3O5. The normalized spacial score (nSPS) is 9.94. The maximum atomic E-state index is 11.6. The second-order valence-electron chi connectivity index (χ2n) is 3.82. The fourth-order valence-corrected chi connectivity index (χ4v) is 1.18. The maximum Gasteiger partial charge on any atom is 0.355 e. The predicted octanol–water partition coefficient (Wildman–Crippen LogP) is 0.178. The van der Waals surface area contributed by atoms with Crippen LogP contribution in [-0.4, -0.2) is 47.0 Å². The molecule has 18 heavy (non-hydrogen) atoms. The molecule has 8 nitrogen and oxygen atoms in total. The summed E-state index contributed by atoms with van der Waals surface area (Å²) in [6, 6.07) is 1.10. The minimum Gasteiger partial charge on any atom is -0.451 e. The zero-order valence-electron chi connectivity index (χ0n) is 10.2. The van der Waals surface area contributed by atoms with Crippen LogP contribution in [0.15, 0.2) is 12.3 Å². The van der Waals surface area contributed by atoms with Gasteiger partial charge in [0, 0.05) is 27.2 Å². The van der Waals surface area contributed by atoms with Crippen LogP contribution in [-0.2, 0) is 16.6 Å². The molecular weight excluding hydrogens is 242 g/mol. The molecule has 8 heteroatoms. The highest BCUT2D eigenvalue weighted by Gasteiger charge is 2.19. The Morgan fingerprint density at radius 3 is 2.56 bits per heavy atom. The summed E-state index contributed by atoms with van der Waals surface area (Å²) >= 11 is 0. The van der Waals surface area contributed by atoms with Gasteiger partial charge in [-0.1, -0.05) is 0 Å². The van der Waals surface area contributed by atoms with Crippen molar-refractivity contribution in [3.63, 3.8) is 0 Å². The van der Waals surface area contributed by atoms with E-state index >= 15 is 0 Å². The molecule has 0 aliphatic rings. The number of hydrogen-bond donors (Lipinski definition) is 0. The van der Waals surface area contributed by atoms with Gasteiger partial charge in [0.2, 0.25) is 0 Å². The molecule has 1 amide bonds. The van der Waals surface area contributed by atoms with E-state index in [1.165, 1.54) is 36.8 Å². The van der Waals surface area contributed by atoms with Crippen LogP contribution in [0.1, 0.15) is 10.5 Å². The van der Waals surface area contributed by atoms with Crippen molar-refractivity contribution in [1.29, 1.82) is 0 Å². The molecule has 1 aromatic heterocycles. The van der Waals surface area contributed by atoms with Gasteiger partial charge in [-0.15, -0.1) is 0 Å². The Labute approximate surface area is 103 Å². The molecule has 98 valence electrons. The minimum atomic E-state index is -0.777. The van der Waals surface area contributed by atoms with Gasteiger partial charge >= 0.3 is 5.97 Å². The molecule has 0 saturated heterocycles. The topological polar surface area (TPSA) is 94.7 Å². The highest BCUT2D eigenvalue weighted by atomic mass is 16.6. The average Bonchev–Trinajstić information content (AvgIpc) is 2.67. The van der Waals surface area contributed by atoms with Gasteiger partial charge in [-0.25, -0.2) is 4.79 Å². The summed E-state index contributed by atoms with van der Waals surface area (Å²) in [6.45, 7) is -0.398. The molecule has 0 spiro atoms. The Hall–Kier alpha value is -2.38. The first-order valence-corrected chi connectivity index (χ1v) is 5.01. The minimum absolute atomic E-state index is 0.0215. The second-order valence-corrected chi connectivity index (χ2v) is 3.82. The lowest BCUT2D eigenvalue weighted by atomic mass is 10.4. The van der Waals surface area contributed by atoms with Crippen LogP contribution in [0, 0.1) is 10.1 Å². The molecule has 0 N–H and O–H groups in total. The number of nitro groups is 1. The van der Waals surface area contributed by atoms with Crippen molar-refractivity contribution < 1.29 is 19.2 Å². The van der Waals surface area contributed by atoms with Crippen LogP contribution in [0.25, 0.3) is 0 Å². The molecule has 0 aliphatic heterocycles. The van der Waals surface area contributed by atoms with Gasteiger partial charge in [-0.2, -0.15) is 0 Å². The van der Waals surface area contributed by atoms with Gasteiger partial charge in [0.25, 0.3) is 11.6 Å². The summed E-state index contributed by atoms with van der Waals surface area (Å²) in [5, 5.41) is 10.5. The van der Waals surface area contributed by atoms with E-state index in [4.69, 9.17) is 4.74 Å². The van der Waals surface area contributed by atoms with Crippen molar-refractivity contribution in [3.8, 4) is 0 Å². The Morgan fingerprint density at radius 1 is 1.50 bits per heavy atom. The summed E-state index contributed by atoms with van der Waals surface area (Å²) in [5.74, 6) is -1.15. The lowest BCUT2D eigenvalue weighted by Crippen LogP contribution is -2.27. The van der Waals surface area contributed by atoms with Gasteiger partial charge < -0.3 is 14.2 Å². The predicted molar refractivity (Wildman–Crippen MR) is 61.0 cm³/mol. The third-order valence-electron chi connectivity index (χ3n) is 2.24. The summed E-state index contributed by atoms with van der Waals surface area (Å²) in [7, 11) is 4.55. The number of likely N-dealkylation sites (N-methyl/N-ethyl adjacent to an activating group) is 1. The first-order chi connectivity index (χ1) is 8.32. The largest absolute Gasteiger partial charge is 0.451 e. The van der Waals surface area contributed by atoms with E-state index in [0.29, 0.717) is 0 Å². The number of ether oxygens (including phenoxy) is 1. The number of amides is 1. The maximum absolute atomic E-state index is 11.6. The van der Waals surface area contributed by atoms with Gasteiger partial charge in [-0.3, -0.25) is 14.9 Å². The number of aryl methyl sites for hydroxylation is 1. The molecule has 1 heterocycles. The summed E-state index contributed by atoms with van der Waals surface area (Å²) in [4.78, 5) is 34.0. The SMILES string of the molecule is CN(C)C(=O)COC(=O)c1cc([N+](=O)[O-])cn1C. The fraction of sp³-hybridized carbons (Fsp3) is 0.400. The summed E-state index contributed by atoms with van der Waals surface area (Å²) < 4.78 is 6.03. The molecule has 0 unspecified atom stereocenters. The van der Waals surface area contributed by atoms with E-state index < -0.39 is 17.5 Å². The number of nitrogens with zero attached hydrogens (tertiary/aromatic N) is 3. The van der Waals surface area contributed by atoms with Gasteiger partial charge in [0.05, 0.1) is 11.1 Å². The molecule has 0 aliphatic carbocycles. The van der Waals surface area contributed by atoms with Crippen molar-refractivity contribution in [2.75, 3.05) is 20.7 Å². The van der Waals surface area contributed by atoms with Crippen LogP contribution in [0.5, 0.6) is 0 Å². The first-order valence-electron chi connectivity index (χ1n) is 5.01. The third-order valence-corrected chi connectivity index (χ3v) is 2.24. The van der Waals surface area contributed by atoms with Crippen molar-refractivity contribution >= 4 is 17.6 Å². The van der Waals surface area contributed by atoms with Crippen molar-refractivity contribution in [1.82, 2.24) is 9.47 Å². The van der Waals surface area contributed by atoms with Crippen LogP contribution >= 0.6 is 0 Å². The van der Waals surface area contributed by atoms with E-state index in [0.717, 1.165) is 6.07 Å². The molecule has 1 aromatic rings. The molecule has 0 atom stereocenters. The van der Waals surface area contributed by atoms with Crippen molar-refractivity contribution in [2.45, 2.75) is 0 Å². The summed E-state index contributed by atoms with van der Waals surface area (Å²) in [5.41, 5.74) is -0.184. The molecule has 0 fully saturated rings. The quantitative estimate of drug-likeness (QED) is 0.434. The molecule has 0 bridgehead atoms. The highest BCUT2D eigenvalue weighted by molar-refractivity contribution is 5.90. The molecule has 0 radical (unpaired) electrons. The van der Waals surface area contributed by atoms with E-state index in [2.05, 4.69) is 0 Å². The number of carbonyl (C=O) groups is 2. The average molecular weight is 255 g/mol. The third kappa shape index (κ3) is 3.06. The zero-order chi connectivity index (χ0) is 13.9. The van der Waals surface area contributed by atoms with Crippen molar-refractivity contribution in [2.24, 2.45) is 7.05 Å². The number of aromatic nitrogens is 1. The Balaban J connectivity index is 2.73. The second kappa shape index (κ2) is 5.30. The van der Waals surface area contributed by atoms with E-state index in [9.17, 15) is 19.7 Å².